The van der Waals surface area contributed by atoms with Gasteiger partial charge in [-0.1, -0.05) is 31.5 Å². The minimum Gasteiger partial charge on any atom is -0.313 e. The van der Waals surface area contributed by atoms with E-state index in [1.165, 1.54) is 24.1 Å². The van der Waals surface area contributed by atoms with Crippen molar-refractivity contribution in [2.75, 3.05) is 26.2 Å². The molecule has 0 unspecified atom stereocenters. The van der Waals surface area contributed by atoms with E-state index in [2.05, 4.69) is 37.1 Å². The molecule has 1 aromatic rings. The zero-order valence-electron chi connectivity index (χ0n) is 11.8. The summed E-state index contributed by atoms with van der Waals surface area (Å²) in [6.45, 7) is 11.9. The number of halogens is 1. The van der Waals surface area contributed by atoms with Crippen LogP contribution in [0.1, 0.15) is 31.4 Å². The average Bonchev–Trinajstić information content (AvgIpc) is 2.32. The predicted octanol–water partition coefficient (Wildman–Crippen LogP) is 3.47. The summed E-state index contributed by atoms with van der Waals surface area (Å²) in [4.78, 5) is 2.45. The highest BCUT2D eigenvalue weighted by Crippen LogP contribution is 2.14. The Morgan fingerprint density at radius 3 is 2.50 bits per heavy atom. The molecule has 3 heteroatoms. The number of benzene rings is 1. The second-order valence-electron chi connectivity index (χ2n) is 4.69. The fraction of sp³-hybridized carbons (Fsp3) is 0.600. The minimum absolute atomic E-state index is 0.829. The van der Waals surface area contributed by atoms with Gasteiger partial charge in [-0.2, -0.15) is 0 Å². The van der Waals surface area contributed by atoms with Crippen LogP contribution in [0.3, 0.4) is 0 Å². The van der Waals surface area contributed by atoms with Crippen molar-refractivity contribution >= 4 is 11.6 Å². The molecular formula is C15H25ClN2. The van der Waals surface area contributed by atoms with Crippen molar-refractivity contribution in [3.63, 3.8) is 0 Å². The molecule has 0 aromatic heterocycles. The molecule has 0 fully saturated rings. The average molecular weight is 269 g/mol. The van der Waals surface area contributed by atoms with Crippen LogP contribution < -0.4 is 5.32 Å². The lowest BCUT2D eigenvalue weighted by Gasteiger charge is -2.17. The molecule has 0 radical (unpaired) electrons. The first kappa shape index (κ1) is 15.5. The molecule has 0 heterocycles. The van der Waals surface area contributed by atoms with Crippen LogP contribution in [-0.2, 0) is 6.54 Å². The second-order valence-corrected chi connectivity index (χ2v) is 5.13. The van der Waals surface area contributed by atoms with Crippen LogP contribution in [0.2, 0.25) is 5.02 Å². The standard InChI is InChI=1S/C15H25ClN2/c1-4-18(5-2)8-6-7-17-12-14-9-13(3)10-15(16)11-14/h9-11,17H,4-8,12H2,1-3H3. The van der Waals surface area contributed by atoms with Crippen LogP contribution in [0.4, 0.5) is 0 Å². The highest BCUT2D eigenvalue weighted by atomic mass is 35.5. The molecule has 0 saturated heterocycles. The normalized spacial score (nSPS) is 11.2. The van der Waals surface area contributed by atoms with Crippen LogP contribution in [0.5, 0.6) is 0 Å². The molecular weight excluding hydrogens is 244 g/mol. The molecule has 0 aliphatic carbocycles. The zero-order valence-corrected chi connectivity index (χ0v) is 12.6. The van der Waals surface area contributed by atoms with Crippen LogP contribution in [0.15, 0.2) is 18.2 Å². The number of nitrogens with zero attached hydrogens (tertiary/aromatic N) is 1. The SMILES string of the molecule is CCN(CC)CCCNCc1cc(C)cc(Cl)c1. The molecule has 18 heavy (non-hydrogen) atoms. The molecule has 0 aliphatic heterocycles. The fourth-order valence-electron chi connectivity index (χ4n) is 2.11. The summed E-state index contributed by atoms with van der Waals surface area (Å²) in [6.07, 6.45) is 1.20. The quantitative estimate of drug-likeness (QED) is 0.727. The van der Waals surface area contributed by atoms with Gasteiger partial charge in [-0.3, -0.25) is 0 Å². The van der Waals surface area contributed by atoms with Crippen molar-refractivity contribution in [1.82, 2.24) is 10.2 Å². The first-order valence-corrected chi connectivity index (χ1v) is 7.22. The molecule has 2 nitrogen and oxygen atoms in total. The minimum atomic E-state index is 0.829. The third kappa shape index (κ3) is 5.85. The molecule has 0 amide bonds. The summed E-state index contributed by atoms with van der Waals surface area (Å²) in [6, 6.07) is 6.21. The molecule has 1 aromatic carbocycles. The fourth-order valence-corrected chi connectivity index (χ4v) is 2.43. The van der Waals surface area contributed by atoms with E-state index in [9.17, 15) is 0 Å². The van der Waals surface area contributed by atoms with Crippen LogP contribution in [0, 0.1) is 6.92 Å². The first-order chi connectivity index (χ1) is 8.65. The van der Waals surface area contributed by atoms with E-state index in [-0.39, 0.29) is 0 Å². The summed E-state index contributed by atoms with van der Waals surface area (Å²) >= 11 is 6.03. The summed E-state index contributed by atoms with van der Waals surface area (Å²) in [5.41, 5.74) is 2.49. The lowest BCUT2D eigenvalue weighted by molar-refractivity contribution is 0.298. The maximum absolute atomic E-state index is 6.03. The maximum atomic E-state index is 6.03. The Hall–Kier alpha value is -0.570. The Balaban J connectivity index is 2.21. The van der Waals surface area contributed by atoms with Crippen LogP contribution in [0.25, 0.3) is 0 Å². The van der Waals surface area contributed by atoms with Crippen molar-refractivity contribution in [1.29, 1.82) is 0 Å². The molecule has 1 N–H and O–H groups in total. The van der Waals surface area contributed by atoms with Crippen LogP contribution in [-0.4, -0.2) is 31.1 Å². The summed E-state index contributed by atoms with van der Waals surface area (Å²) in [5, 5.41) is 4.30. The van der Waals surface area contributed by atoms with Crippen molar-refractivity contribution in [3.05, 3.63) is 34.3 Å². The molecule has 0 aliphatic rings. The molecule has 0 spiro atoms. The molecule has 0 bridgehead atoms. The Kier molecular flexibility index (Phi) is 7.33. The zero-order chi connectivity index (χ0) is 13.4. The van der Waals surface area contributed by atoms with E-state index in [4.69, 9.17) is 11.6 Å². The topological polar surface area (TPSA) is 15.3 Å². The number of aryl methyl sites for hydroxylation is 1. The summed E-state index contributed by atoms with van der Waals surface area (Å²) in [7, 11) is 0. The van der Waals surface area contributed by atoms with Crippen LogP contribution >= 0.6 is 11.6 Å². The van der Waals surface area contributed by atoms with E-state index in [1.54, 1.807) is 0 Å². The van der Waals surface area contributed by atoms with E-state index in [0.717, 1.165) is 31.2 Å². The van der Waals surface area contributed by atoms with Gasteiger partial charge in [0, 0.05) is 11.6 Å². The van der Waals surface area contributed by atoms with Crippen molar-refractivity contribution in [2.45, 2.75) is 33.7 Å². The molecule has 0 saturated carbocycles. The van der Waals surface area contributed by atoms with Crippen molar-refractivity contribution < 1.29 is 0 Å². The molecule has 1 rings (SSSR count). The van der Waals surface area contributed by atoms with Gasteiger partial charge in [0.15, 0.2) is 0 Å². The van der Waals surface area contributed by atoms with Crippen molar-refractivity contribution in [2.24, 2.45) is 0 Å². The van der Waals surface area contributed by atoms with Gasteiger partial charge in [-0.05, 0) is 62.8 Å². The van der Waals surface area contributed by atoms with Gasteiger partial charge in [-0.25, -0.2) is 0 Å². The predicted molar refractivity (Wildman–Crippen MR) is 80.3 cm³/mol. The Labute approximate surface area is 116 Å². The first-order valence-electron chi connectivity index (χ1n) is 6.84. The van der Waals surface area contributed by atoms with E-state index < -0.39 is 0 Å². The van der Waals surface area contributed by atoms with Gasteiger partial charge in [0.2, 0.25) is 0 Å². The van der Waals surface area contributed by atoms with E-state index in [0.29, 0.717) is 0 Å². The third-order valence-electron chi connectivity index (χ3n) is 3.15. The number of hydrogen-bond donors (Lipinski definition) is 1. The van der Waals surface area contributed by atoms with Crippen molar-refractivity contribution in [3.8, 4) is 0 Å². The highest BCUT2D eigenvalue weighted by Gasteiger charge is 1.99. The lowest BCUT2D eigenvalue weighted by Crippen LogP contribution is -2.27. The van der Waals surface area contributed by atoms with Gasteiger partial charge in [0.25, 0.3) is 0 Å². The van der Waals surface area contributed by atoms with Gasteiger partial charge >= 0.3 is 0 Å². The second kappa shape index (κ2) is 8.52. The van der Waals surface area contributed by atoms with E-state index >= 15 is 0 Å². The number of nitrogens with one attached hydrogen (secondary N) is 1. The monoisotopic (exact) mass is 268 g/mol. The number of rotatable bonds is 8. The van der Waals surface area contributed by atoms with Gasteiger partial charge in [0.1, 0.15) is 0 Å². The summed E-state index contributed by atoms with van der Waals surface area (Å²) < 4.78 is 0. The highest BCUT2D eigenvalue weighted by molar-refractivity contribution is 6.30. The molecule has 102 valence electrons. The van der Waals surface area contributed by atoms with E-state index in [1.807, 2.05) is 12.1 Å². The van der Waals surface area contributed by atoms with Gasteiger partial charge < -0.3 is 10.2 Å². The Morgan fingerprint density at radius 1 is 1.17 bits per heavy atom. The Morgan fingerprint density at radius 2 is 1.89 bits per heavy atom. The Bertz CT molecular complexity index is 328. The third-order valence-corrected chi connectivity index (χ3v) is 3.37. The van der Waals surface area contributed by atoms with Gasteiger partial charge in [-0.15, -0.1) is 0 Å². The van der Waals surface area contributed by atoms with Gasteiger partial charge in [0.05, 0.1) is 0 Å². The number of hydrogen-bond acceptors (Lipinski definition) is 2. The smallest absolute Gasteiger partial charge is 0.0411 e. The maximum Gasteiger partial charge on any atom is 0.0411 e. The molecule has 0 atom stereocenters. The largest absolute Gasteiger partial charge is 0.313 e. The summed E-state index contributed by atoms with van der Waals surface area (Å²) in [5.74, 6) is 0. The lowest BCUT2D eigenvalue weighted by atomic mass is 10.1.